The highest BCUT2D eigenvalue weighted by atomic mass is 35.5. The molecule has 3 atom stereocenters. The van der Waals surface area contributed by atoms with E-state index in [0.717, 1.165) is 31.2 Å². The number of nitrogens with zero attached hydrogens (tertiary/aromatic N) is 2. The first kappa shape index (κ1) is 24.6. The van der Waals surface area contributed by atoms with Crippen molar-refractivity contribution in [3.8, 4) is 5.75 Å². The van der Waals surface area contributed by atoms with Crippen molar-refractivity contribution in [1.29, 1.82) is 0 Å². The van der Waals surface area contributed by atoms with Crippen LogP contribution in [0.5, 0.6) is 5.75 Å². The number of carbonyl (C=O) groups excluding carboxylic acids is 1. The Morgan fingerprint density at radius 3 is 2.91 bits per heavy atom. The molecule has 5 N–H and O–H groups in total. The molecule has 184 valence electrons. The Labute approximate surface area is 205 Å². The van der Waals surface area contributed by atoms with Crippen LogP contribution in [0.25, 0.3) is 0 Å². The minimum absolute atomic E-state index is 0.0230. The number of halogens is 1. The highest BCUT2D eigenvalue weighted by Crippen LogP contribution is 2.35. The lowest BCUT2D eigenvalue weighted by Crippen LogP contribution is -2.39. The van der Waals surface area contributed by atoms with Crippen LogP contribution in [0.1, 0.15) is 31.2 Å². The maximum Gasteiger partial charge on any atom is 0.238 e. The van der Waals surface area contributed by atoms with Crippen LogP contribution in [0.4, 0.5) is 23.1 Å². The monoisotopic (exact) mass is 508 g/mol. The van der Waals surface area contributed by atoms with Gasteiger partial charge in [-0.3, -0.25) is 9.00 Å². The largest absolute Gasteiger partial charge is 0.760 e. The standard InChI is InChI=1S/C21H28ClN7O4S/c1-33-18-6-13-8-23-11-19(30)26-16(13)7-17(18)28-21-24-10-14(22)20(29-21)27-15-5-3-2-4-12(15)9-25-34(31)32/h6-7,10,12,15,23,25H,2-5,8-9,11H2,1H3,(H,26,30)(H,31,32)(H2,24,27,28,29)/p-1/t12-,15-/m1/s1. The number of hydrogen-bond acceptors (Lipinski definition) is 9. The Kier molecular flexibility index (Phi) is 8.16. The van der Waals surface area contributed by atoms with Crippen LogP contribution in [0.2, 0.25) is 5.02 Å². The van der Waals surface area contributed by atoms with Crippen LogP contribution in [0.15, 0.2) is 18.3 Å². The van der Waals surface area contributed by atoms with Gasteiger partial charge in [-0.05, 0) is 36.5 Å². The predicted molar refractivity (Wildman–Crippen MR) is 130 cm³/mol. The van der Waals surface area contributed by atoms with Crippen molar-refractivity contribution in [2.45, 2.75) is 38.3 Å². The van der Waals surface area contributed by atoms with Crippen LogP contribution >= 0.6 is 11.6 Å². The van der Waals surface area contributed by atoms with Crippen molar-refractivity contribution >= 4 is 51.9 Å². The van der Waals surface area contributed by atoms with Gasteiger partial charge in [0.25, 0.3) is 0 Å². The number of hydrogen-bond donors (Lipinski definition) is 5. The molecule has 0 spiro atoms. The van der Waals surface area contributed by atoms with E-state index in [-0.39, 0.29) is 24.4 Å². The van der Waals surface area contributed by atoms with Gasteiger partial charge in [-0.15, -0.1) is 0 Å². The lowest BCUT2D eigenvalue weighted by molar-refractivity contribution is -0.115. The number of carbonyl (C=O) groups is 1. The van der Waals surface area contributed by atoms with Crippen molar-refractivity contribution in [1.82, 2.24) is 20.0 Å². The molecule has 2 aromatic rings. The van der Waals surface area contributed by atoms with Gasteiger partial charge in [0, 0.05) is 36.1 Å². The fraction of sp³-hybridized carbons (Fsp3) is 0.476. The van der Waals surface area contributed by atoms with E-state index in [4.69, 9.17) is 16.3 Å². The average Bonchev–Trinajstić information content (AvgIpc) is 3.00. The fourth-order valence-corrected chi connectivity index (χ4v) is 4.79. The van der Waals surface area contributed by atoms with Gasteiger partial charge in [0.05, 0.1) is 25.5 Å². The Bertz CT molecular complexity index is 1070. The summed E-state index contributed by atoms with van der Waals surface area (Å²) in [7, 11) is 1.57. The number of fused-ring (bicyclic) bond motifs is 1. The van der Waals surface area contributed by atoms with Gasteiger partial charge in [-0.2, -0.15) is 4.98 Å². The van der Waals surface area contributed by atoms with Crippen LogP contribution < -0.4 is 30.7 Å². The van der Waals surface area contributed by atoms with Crippen LogP contribution in [0, 0.1) is 5.92 Å². The molecule has 1 fully saturated rings. The molecule has 13 heteroatoms. The lowest BCUT2D eigenvalue weighted by Gasteiger charge is -2.33. The summed E-state index contributed by atoms with van der Waals surface area (Å²) in [6, 6.07) is 3.66. The van der Waals surface area contributed by atoms with Gasteiger partial charge in [0.2, 0.25) is 11.9 Å². The second kappa shape index (κ2) is 11.3. The zero-order valence-electron chi connectivity index (χ0n) is 18.7. The Hall–Kier alpha value is -2.51. The maximum absolute atomic E-state index is 11.9. The number of aromatic nitrogens is 2. The van der Waals surface area contributed by atoms with Crippen molar-refractivity contribution in [3.63, 3.8) is 0 Å². The molecule has 1 amide bonds. The van der Waals surface area contributed by atoms with Crippen molar-refractivity contribution < 1.29 is 18.3 Å². The second-order valence-corrected chi connectivity index (χ2v) is 9.42. The first-order valence-corrected chi connectivity index (χ1v) is 12.5. The lowest BCUT2D eigenvalue weighted by atomic mass is 9.84. The van der Waals surface area contributed by atoms with Crippen molar-refractivity contribution in [2.75, 3.05) is 36.1 Å². The van der Waals surface area contributed by atoms with Gasteiger partial charge in [0.15, 0.2) is 5.82 Å². The molecule has 11 nitrogen and oxygen atoms in total. The van der Waals surface area contributed by atoms with E-state index in [2.05, 4.69) is 36.0 Å². The minimum atomic E-state index is -2.30. The Morgan fingerprint density at radius 1 is 1.29 bits per heavy atom. The molecule has 2 aliphatic rings. The summed E-state index contributed by atoms with van der Waals surface area (Å²) >= 11 is 4.07. The topological polar surface area (TPSA) is 152 Å². The Balaban J connectivity index is 1.54. The average molecular weight is 509 g/mol. The fourth-order valence-electron chi connectivity index (χ4n) is 4.30. The number of methoxy groups -OCH3 is 1. The van der Waals surface area contributed by atoms with E-state index in [1.807, 2.05) is 6.07 Å². The van der Waals surface area contributed by atoms with Gasteiger partial charge in [-0.1, -0.05) is 24.4 Å². The summed E-state index contributed by atoms with van der Waals surface area (Å²) < 4.78 is 29.9. The van der Waals surface area contributed by atoms with Crippen LogP contribution in [0.3, 0.4) is 0 Å². The smallest absolute Gasteiger partial charge is 0.238 e. The zero-order chi connectivity index (χ0) is 24.1. The first-order chi connectivity index (χ1) is 16.4. The summed E-state index contributed by atoms with van der Waals surface area (Å²) in [5.74, 6) is 1.34. The summed E-state index contributed by atoms with van der Waals surface area (Å²) in [5, 5.41) is 12.8. The third-order valence-electron chi connectivity index (χ3n) is 5.99. The summed E-state index contributed by atoms with van der Waals surface area (Å²) in [4.78, 5) is 20.8. The number of rotatable bonds is 8. The molecule has 1 aromatic carbocycles. The first-order valence-electron chi connectivity index (χ1n) is 11.0. The van der Waals surface area contributed by atoms with E-state index < -0.39 is 11.3 Å². The van der Waals surface area contributed by atoms with Gasteiger partial charge >= 0.3 is 0 Å². The van der Waals surface area contributed by atoms with Crippen molar-refractivity contribution in [2.24, 2.45) is 5.92 Å². The number of benzene rings is 1. The van der Waals surface area contributed by atoms with Crippen LogP contribution in [-0.2, 0) is 22.6 Å². The number of anilines is 4. The zero-order valence-corrected chi connectivity index (χ0v) is 20.2. The van der Waals surface area contributed by atoms with E-state index in [1.54, 1.807) is 13.2 Å². The van der Waals surface area contributed by atoms with E-state index in [1.165, 1.54) is 6.20 Å². The molecule has 4 rings (SSSR count). The van der Waals surface area contributed by atoms with Crippen LogP contribution in [-0.4, -0.2) is 50.9 Å². The predicted octanol–water partition coefficient (Wildman–Crippen LogP) is 2.28. The molecule has 1 aliphatic carbocycles. The Morgan fingerprint density at radius 2 is 2.12 bits per heavy atom. The highest BCUT2D eigenvalue weighted by Gasteiger charge is 2.26. The quantitative estimate of drug-likeness (QED) is 0.338. The van der Waals surface area contributed by atoms with E-state index in [0.29, 0.717) is 47.0 Å². The molecule has 1 unspecified atom stereocenters. The van der Waals surface area contributed by atoms with E-state index in [9.17, 15) is 13.6 Å². The summed E-state index contributed by atoms with van der Waals surface area (Å²) in [6.45, 7) is 1.12. The minimum Gasteiger partial charge on any atom is -0.760 e. The van der Waals surface area contributed by atoms with Gasteiger partial charge < -0.3 is 30.6 Å². The molecule has 1 saturated carbocycles. The normalized spacial score (nSPS) is 21.1. The molecule has 0 radical (unpaired) electrons. The summed E-state index contributed by atoms with van der Waals surface area (Å²) in [6.07, 6.45) is 5.37. The van der Waals surface area contributed by atoms with Gasteiger partial charge in [-0.25, -0.2) is 9.71 Å². The second-order valence-electron chi connectivity index (χ2n) is 8.26. The molecular formula is C21H27ClN7O4S-. The number of nitrogens with one attached hydrogen (secondary N) is 5. The molecule has 1 aromatic heterocycles. The number of ether oxygens (including phenoxy) is 1. The highest BCUT2D eigenvalue weighted by molar-refractivity contribution is 7.77. The molecule has 34 heavy (non-hydrogen) atoms. The third kappa shape index (κ3) is 6.13. The van der Waals surface area contributed by atoms with E-state index >= 15 is 0 Å². The molecule has 2 heterocycles. The summed E-state index contributed by atoms with van der Waals surface area (Å²) in [5.41, 5.74) is 2.18. The number of amides is 1. The molecular weight excluding hydrogens is 482 g/mol. The molecule has 1 aliphatic heterocycles. The molecule has 0 saturated heterocycles. The van der Waals surface area contributed by atoms with Gasteiger partial charge in [0.1, 0.15) is 10.8 Å². The SMILES string of the molecule is COc1cc2c(cc1Nc1ncc(Cl)c(N[C@@H]3CCCC[C@@H]3CNS(=O)[O-])n1)NC(=O)CNC2. The third-order valence-corrected chi connectivity index (χ3v) is 6.66. The van der Waals surface area contributed by atoms with Crippen molar-refractivity contribution in [3.05, 3.63) is 28.9 Å². The maximum atomic E-state index is 11.9. The molecule has 0 bridgehead atoms.